The lowest BCUT2D eigenvalue weighted by Crippen LogP contribution is -2.45. The maximum atomic E-state index is 13.2. The van der Waals surface area contributed by atoms with Crippen LogP contribution in [0.5, 0.6) is 0 Å². The van der Waals surface area contributed by atoms with Gasteiger partial charge in [-0.25, -0.2) is 9.97 Å². The van der Waals surface area contributed by atoms with Crippen molar-refractivity contribution in [1.29, 1.82) is 0 Å². The van der Waals surface area contributed by atoms with Gasteiger partial charge in [0.25, 0.3) is 0 Å². The van der Waals surface area contributed by atoms with Gasteiger partial charge in [-0.2, -0.15) is 4.98 Å². The number of amides is 1. The van der Waals surface area contributed by atoms with Crippen LogP contribution < -0.4 is 10.6 Å². The standard InChI is InChI=1S/C23H30N6O2.C2H6/c1-17(15-24)22-25-16-26-23(27-22)28-12-6-9-20(30)29-19(10-11-21(29)31-14-13-28)18-7-4-2-3-5-8-18;1-2/h2-4,7-8,15-16,19,21H,5-6,9-14,24H2,1H3;1-2H3/b17-15-;/t19-,21+;/m0./s1. The van der Waals surface area contributed by atoms with Crippen LogP contribution in [0, 0.1) is 0 Å². The van der Waals surface area contributed by atoms with Crippen molar-refractivity contribution in [2.24, 2.45) is 5.73 Å². The minimum Gasteiger partial charge on any atom is -0.404 e. The number of allylic oxidation sites excluding steroid dienone is 5. The highest BCUT2D eigenvalue weighted by molar-refractivity contribution is 5.77. The van der Waals surface area contributed by atoms with Gasteiger partial charge in [0.1, 0.15) is 12.6 Å². The number of aromatic nitrogens is 3. The first-order chi connectivity index (χ1) is 16.2. The van der Waals surface area contributed by atoms with Gasteiger partial charge in [-0.05, 0) is 38.2 Å². The molecule has 1 aromatic heterocycles. The largest absolute Gasteiger partial charge is 0.404 e. The van der Waals surface area contributed by atoms with Crippen molar-refractivity contribution < 1.29 is 9.53 Å². The molecule has 1 aromatic rings. The van der Waals surface area contributed by atoms with Gasteiger partial charge in [-0.15, -0.1) is 0 Å². The predicted octanol–water partition coefficient (Wildman–Crippen LogP) is 3.59. The van der Waals surface area contributed by atoms with E-state index in [9.17, 15) is 4.79 Å². The van der Waals surface area contributed by atoms with Gasteiger partial charge in [0.15, 0.2) is 5.82 Å². The van der Waals surface area contributed by atoms with Gasteiger partial charge in [0.2, 0.25) is 11.9 Å². The average molecular weight is 453 g/mol. The Bertz CT molecular complexity index is 923. The fourth-order valence-corrected chi connectivity index (χ4v) is 4.31. The van der Waals surface area contributed by atoms with Crippen molar-refractivity contribution in [3.05, 3.63) is 54.3 Å². The van der Waals surface area contributed by atoms with Crippen molar-refractivity contribution in [3.63, 3.8) is 0 Å². The number of anilines is 1. The summed E-state index contributed by atoms with van der Waals surface area (Å²) in [7, 11) is 0. The van der Waals surface area contributed by atoms with Gasteiger partial charge < -0.3 is 20.3 Å². The topological polar surface area (TPSA) is 97.5 Å². The Kier molecular flexibility index (Phi) is 9.18. The van der Waals surface area contributed by atoms with E-state index in [2.05, 4.69) is 50.2 Å². The van der Waals surface area contributed by atoms with Gasteiger partial charge in [-0.3, -0.25) is 4.79 Å². The van der Waals surface area contributed by atoms with Crippen LogP contribution >= 0.6 is 0 Å². The molecule has 0 bridgehead atoms. The molecule has 2 N–H and O–H groups in total. The fraction of sp³-hybridized carbons (Fsp3) is 0.520. The molecule has 2 fully saturated rings. The van der Waals surface area contributed by atoms with E-state index in [0.29, 0.717) is 37.9 Å². The zero-order valence-corrected chi connectivity index (χ0v) is 20.0. The monoisotopic (exact) mass is 452 g/mol. The Morgan fingerprint density at radius 3 is 2.88 bits per heavy atom. The smallest absolute Gasteiger partial charge is 0.228 e. The van der Waals surface area contributed by atoms with E-state index in [0.717, 1.165) is 31.3 Å². The summed E-state index contributed by atoms with van der Waals surface area (Å²) in [6.45, 7) is 7.71. The Balaban J connectivity index is 0.00000149. The normalized spacial score (nSPS) is 23.9. The first-order valence-electron chi connectivity index (χ1n) is 12.0. The van der Waals surface area contributed by atoms with Crippen LogP contribution in [-0.2, 0) is 9.53 Å². The number of nitrogens with two attached hydrogens (primary N) is 1. The SMILES string of the molecule is C/C(=C/N)c1ncnc(N2CCCC(=O)N3[C@@H](CC[C@H]3C3=CCC=CC=C3)OCC2)n1.CC. The summed E-state index contributed by atoms with van der Waals surface area (Å²) in [5.41, 5.74) is 7.61. The lowest BCUT2D eigenvalue weighted by atomic mass is 10.0. The number of rotatable bonds is 3. The van der Waals surface area contributed by atoms with Crippen LogP contribution in [0.25, 0.3) is 5.57 Å². The number of hydrogen-bond acceptors (Lipinski definition) is 7. The van der Waals surface area contributed by atoms with E-state index in [1.807, 2.05) is 25.7 Å². The van der Waals surface area contributed by atoms with Crippen LogP contribution in [0.1, 0.15) is 58.7 Å². The number of nitrogens with zero attached hydrogens (tertiary/aromatic N) is 5. The molecule has 33 heavy (non-hydrogen) atoms. The first kappa shape index (κ1) is 24.6. The second-order valence-electron chi connectivity index (χ2n) is 8.00. The van der Waals surface area contributed by atoms with Crippen molar-refractivity contribution >= 4 is 17.4 Å². The molecule has 3 aliphatic rings. The summed E-state index contributed by atoms with van der Waals surface area (Å²) in [5, 5.41) is 0. The van der Waals surface area contributed by atoms with Crippen LogP contribution in [-0.4, -0.2) is 57.7 Å². The first-order valence-corrected chi connectivity index (χ1v) is 12.0. The van der Waals surface area contributed by atoms with Crippen LogP contribution in [0.15, 0.2) is 48.5 Å². The van der Waals surface area contributed by atoms with Gasteiger partial charge in [-0.1, -0.05) is 44.2 Å². The van der Waals surface area contributed by atoms with Gasteiger partial charge in [0.05, 0.1) is 12.6 Å². The maximum absolute atomic E-state index is 13.2. The predicted molar refractivity (Wildman–Crippen MR) is 131 cm³/mol. The second kappa shape index (κ2) is 12.3. The molecule has 0 radical (unpaired) electrons. The summed E-state index contributed by atoms with van der Waals surface area (Å²) in [4.78, 5) is 30.3. The number of carbonyl (C=O) groups excluding carboxylic acids is 1. The molecule has 0 unspecified atom stereocenters. The summed E-state index contributed by atoms with van der Waals surface area (Å²) >= 11 is 0. The third-order valence-electron chi connectivity index (χ3n) is 5.97. The molecule has 4 rings (SSSR count). The van der Waals surface area contributed by atoms with Gasteiger partial charge in [0, 0.05) is 31.3 Å². The molecule has 2 aliphatic heterocycles. The third kappa shape index (κ3) is 6.07. The highest BCUT2D eigenvalue weighted by Gasteiger charge is 2.38. The molecule has 1 amide bonds. The number of hydrogen-bond donors (Lipinski definition) is 1. The molecule has 2 atom stereocenters. The van der Waals surface area contributed by atoms with E-state index in [1.54, 1.807) is 0 Å². The van der Waals surface area contributed by atoms with Crippen LogP contribution in [0.3, 0.4) is 0 Å². The molecule has 0 aromatic carbocycles. The summed E-state index contributed by atoms with van der Waals surface area (Å²) in [6.07, 6.45) is 17.3. The molecule has 8 heteroatoms. The van der Waals surface area contributed by atoms with Gasteiger partial charge >= 0.3 is 0 Å². The highest BCUT2D eigenvalue weighted by atomic mass is 16.5. The summed E-state index contributed by atoms with van der Waals surface area (Å²) in [5.74, 6) is 1.30. The fourth-order valence-electron chi connectivity index (χ4n) is 4.31. The van der Waals surface area contributed by atoms with Crippen molar-refractivity contribution in [2.45, 2.75) is 65.1 Å². The number of fused-ring (bicyclic) bond motifs is 1. The highest BCUT2D eigenvalue weighted by Crippen LogP contribution is 2.32. The van der Waals surface area contributed by atoms with Crippen LogP contribution in [0.2, 0.25) is 0 Å². The van der Waals surface area contributed by atoms with Crippen molar-refractivity contribution in [2.75, 3.05) is 24.6 Å². The zero-order valence-electron chi connectivity index (χ0n) is 20.0. The molecular formula is C25H36N6O2. The molecule has 178 valence electrons. The quantitative estimate of drug-likeness (QED) is 0.748. The number of carbonyl (C=O) groups is 1. The summed E-state index contributed by atoms with van der Waals surface area (Å²) < 4.78 is 6.21. The molecule has 0 spiro atoms. The Morgan fingerprint density at radius 2 is 2.06 bits per heavy atom. The van der Waals surface area contributed by atoms with E-state index in [-0.39, 0.29) is 18.2 Å². The van der Waals surface area contributed by atoms with Crippen molar-refractivity contribution in [3.8, 4) is 0 Å². The molecule has 0 saturated carbocycles. The minimum atomic E-state index is -0.181. The molecule has 3 heterocycles. The Labute approximate surface area is 196 Å². The Hall–Kier alpha value is -3.00. The molecule has 8 nitrogen and oxygen atoms in total. The lowest BCUT2D eigenvalue weighted by Gasteiger charge is -2.33. The van der Waals surface area contributed by atoms with E-state index >= 15 is 0 Å². The number of ether oxygens (including phenoxy) is 1. The second-order valence-corrected chi connectivity index (χ2v) is 8.00. The maximum Gasteiger partial charge on any atom is 0.228 e. The zero-order chi connectivity index (χ0) is 23.6. The third-order valence-corrected chi connectivity index (χ3v) is 5.97. The lowest BCUT2D eigenvalue weighted by molar-refractivity contribution is -0.144. The van der Waals surface area contributed by atoms with E-state index in [4.69, 9.17) is 10.5 Å². The van der Waals surface area contributed by atoms with Crippen LogP contribution in [0.4, 0.5) is 5.95 Å². The van der Waals surface area contributed by atoms with E-state index in [1.165, 1.54) is 18.1 Å². The molecular weight excluding hydrogens is 416 g/mol. The molecule has 2 saturated heterocycles. The summed E-state index contributed by atoms with van der Waals surface area (Å²) in [6, 6.07) is 0.0984. The Morgan fingerprint density at radius 1 is 1.21 bits per heavy atom. The average Bonchev–Trinajstić information content (AvgIpc) is 3.09. The van der Waals surface area contributed by atoms with E-state index < -0.39 is 0 Å². The minimum absolute atomic E-state index is 0.0984. The molecule has 1 aliphatic carbocycles. The van der Waals surface area contributed by atoms with Crippen molar-refractivity contribution in [1.82, 2.24) is 19.9 Å².